The zero-order chi connectivity index (χ0) is 15.8. The second kappa shape index (κ2) is 4.97. The SMILES string of the molecule is NC(=O)c1cc(-c2ccc(O)cc2)c(C(F)(F)F)[nH]c1=O. The van der Waals surface area contributed by atoms with E-state index in [1.54, 1.807) is 4.98 Å². The number of halogens is 3. The van der Waals surface area contributed by atoms with Gasteiger partial charge in [0.1, 0.15) is 17.0 Å². The topological polar surface area (TPSA) is 96.2 Å². The first-order chi connectivity index (χ1) is 9.70. The summed E-state index contributed by atoms with van der Waals surface area (Å²) in [4.78, 5) is 24.2. The molecule has 1 amide bonds. The highest BCUT2D eigenvalue weighted by atomic mass is 19.4. The lowest BCUT2D eigenvalue weighted by Gasteiger charge is -2.13. The number of aromatic hydroxyl groups is 1. The second-order valence-corrected chi connectivity index (χ2v) is 4.21. The maximum Gasteiger partial charge on any atom is 0.431 e. The fraction of sp³-hybridized carbons (Fsp3) is 0.0769. The molecule has 4 N–H and O–H groups in total. The standard InChI is InChI=1S/C13H9F3N2O3/c14-13(15,16)10-8(6-1-3-7(19)4-2-6)5-9(11(17)20)12(21)18-10/h1-5,19H,(H2,17,20)(H,18,21). The molecule has 0 radical (unpaired) electrons. The van der Waals surface area contributed by atoms with E-state index in [-0.39, 0.29) is 11.3 Å². The summed E-state index contributed by atoms with van der Waals surface area (Å²) in [6, 6.07) is 5.61. The first kappa shape index (κ1) is 14.6. The van der Waals surface area contributed by atoms with Gasteiger partial charge in [-0.25, -0.2) is 0 Å². The minimum absolute atomic E-state index is 0.0684. The van der Waals surface area contributed by atoms with Crippen molar-refractivity contribution in [1.82, 2.24) is 4.98 Å². The van der Waals surface area contributed by atoms with Gasteiger partial charge in [-0.15, -0.1) is 0 Å². The highest BCUT2D eigenvalue weighted by Crippen LogP contribution is 2.35. The van der Waals surface area contributed by atoms with Gasteiger partial charge in [-0.1, -0.05) is 12.1 Å². The van der Waals surface area contributed by atoms with Gasteiger partial charge in [0.15, 0.2) is 0 Å². The lowest BCUT2D eigenvalue weighted by molar-refractivity contribution is -0.140. The van der Waals surface area contributed by atoms with E-state index in [0.717, 1.165) is 6.07 Å². The number of amides is 1. The molecular formula is C13H9F3N2O3. The van der Waals surface area contributed by atoms with E-state index in [9.17, 15) is 22.8 Å². The average Bonchev–Trinajstić information content (AvgIpc) is 2.38. The highest BCUT2D eigenvalue weighted by Gasteiger charge is 2.36. The molecule has 0 saturated carbocycles. The number of pyridine rings is 1. The number of rotatable bonds is 2. The Morgan fingerprint density at radius 1 is 1.19 bits per heavy atom. The summed E-state index contributed by atoms with van der Waals surface area (Å²) in [5, 5.41) is 9.17. The monoisotopic (exact) mass is 298 g/mol. The van der Waals surface area contributed by atoms with Crippen LogP contribution in [0.25, 0.3) is 11.1 Å². The molecule has 1 aromatic heterocycles. The van der Waals surface area contributed by atoms with Gasteiger partial charge in [-0.3, -0.25) is 9.59 Å². The number of phenols is 1. The van der Waals surface area contributed by atoms with Crippen molar-refractivity contribution in [2.75, 3.05) is 0 Å². The molecule has 1 aromatic carbocycles. The Morgan fingerprint density at radius 3 is 2.24 bits per heavy atom. The summed E-state index contributed by atoms with van der Waals surface area (Å²) >= 11 is 0. The number of aromatic nitrogens is 1. The molecule has 0 aliphatic heterocycles. The molecule has 0 saturated heterocycles. The van der Waals surface area contributed by atoms with Gasteiger partial charge in [0.2, 0.25) is 0 Å². The van der Waals surface area contributed by atoms with Gasteiger partial charge in [-0.05, 0) is 23.8 Å². The predicted molar refractivity (Wildman–Crippen MR) is 67.7 cm³/mol. The van der Waals surface area contributed by atoms with Crippen LogP contribution >= 0.6 is 0 Å². The molecule has 2 aromatic rings. The van der Waals surface area contributed by atoms with E-state index in [1.165, 1.54) is 24.3 Å². The summed E-state index contributed by atoms with van der Waals surface area (Å²) in [6.45, 7) is 0. The van der Waals surface area contributed by atoms with Crippen molar-refractivity contribution in [1.29, 1.82) is 0 Å². The van der Waals surface area contributed by atoms with Crippen LogP contribution in [0.2, 0.25) is 0 Å². The van der Waals surface area contributed by atoms with Crippen LogP contribution in [0.1, 0.15) is 16.1 Å². The molecule has 0 spiro atoms. The second-order valence-electron chi connectivity index (χ2n) is 4.21. The van der Waals surface area contributed by atoms with Gasteiger partial charge >= 0.3 is 6.18 Å². The number of nitrogens with one attached hydrogen (secondary N) is 1. The van der Waals surface area contributed by atoms with Crippen molar-refractivity contribution in [3.8, 4) is 16.9 Å². The Hall–Kier alpha value is -2.77. The van der Waals surface area contributed by atoms with Gasteiger partial charge in [0, 0.05) is 5.56 Å². The maximum absolute atomic E-state index is 13.0. The van der Waals surface area contributed by atoms with Crippen LogP contribution in [0.4, 0.5) is 13.2 Å². The number of hydrogen-bond acceptors (Lipinski definition) is 3. The number of primary amides is 1. The van der Waals surface area contributed by atoms with Crippen molar-refractivity contribution >= 4 is 5.91 Å². The Balaban J connectivity index is 2.77. The molecule has 0 atom stereocenters. The predicted octanol–water partition coefficient (Wildman–Crippen LogP) is 1.87. The van der Waals surface area contributed by atoms with E-state index in [4.69, 9.17) is 10.8 Å². The van der Waals surface area contributed by atoms with E-state index >= 15 is 0 Å². The number of phenolic OH excluding ortho intramolecular Hbond substituents is 1. The molecule has 0 unspecified atom stereocenters. The van der Waals surface area contributed by atoms with E-state index in [0.29, 0.717) is 0 Å². The third-order valence-corrected chi connectivity index (χ3v) is 2.77. The molecule has 21 heavy (non-hydrogen) atoms. The Labute approximate surface area is 115 Å². The van der Waals surface area contributed by atoms with Crippen molar-refractivity contribution in [3.63, 3.8) is 0 Å². The fourth-order valence-electron chi connectivity index (χ4n) is 1.81. The van der Waals surface area contributed by atoms with Crippen LogP contribution in [0.3, 0.4) is 0 Å². The largest absolute Gasteiger partial charge is 0.508 e. The van der Waals surface area contributed by atoms with Crippen molar-refractivity contribution in [2.24, 2.45) is 5.73 Å². The normalized spacial score (nSPS) is 11.4. The molecular weight excluding hydrogens is 289 g/mol. The Kier molecular flexibility index (Phi) is 3.46. The molecule has 0 bridgehead atoms. The highest BCUT2D eigenvalue weighted by molar-refractivity contribution is 5.93. The minimum Gasteiger partial charge on any atom is -0.508 e. The maximum atomic E-state index is 13.0. The molecule has 5 nitrogen and oxygen atoms in total. The fourth-order valence-corrected chi connectivity index (χ4v) is 1.81. The summed E-state index contributed by atoms with van der Waals surface area (Å²) < 4.78 is 39.0. The van der Waals surface area contributed by atoms with Crippen LogP contribution in [0.5, 0.6) is 5.75 Å². The van der Waals surface area contributed by atoms with Gasteiger partial charge < -0.3 is 15.8 Å². The van der Waals surface area contributed by atoms with Crippen LogP contribution in [-0.2, 0) is 6.18 Å². The molecule has 1 heterocycles. The Morgan fingerprint density at radius 2 is 1.76 bits per heavy atom. The molecule has 2 rings (SSSR count). The number of alkyl halides is 3. The first-order valence-corrected chi connectivity index (χ1v) is 5.64. The number of nitrogens with two attached hydrogens (primary N) is 1. The number of carbonyl (C=O) groups is 1. The van der Waals surface area contributed by atoms with Crippen molar-refractivity contribution < 1.29 is 23.1 Å². The van der Waals surface area contributed by atoms with E-state index in [1.807, 2.05) is 0 Å². The molecule has 0 aliphatic rings. The summed E-state index contributed by atoms with van der Waals surface area (Å²) in [5.41, 5.74) is 1.55. The third-order valence-electron chi connectivity index (χ3n) is 2.77. The van der Waals surface area contributed by atoms with Crippen LogP contribution in [-0.4, -0.2) is 16.0 Å². The average molecular weight is 298 g/mol. The van der Waals surface area contributed by atoms with E-state index in [2.05, 4.69) is 0 Å². The smallest absolute Gasteiger partial charge is 0.431 e. The summed E-state index contributed by atoms with van der Waals surface area (Å²) in [6.07, 6.45) is -4.82. The van der Waals surface area contributed by atoms with Gasteiger partial charge in [-0.2, -0.15) is 13.2 Å². The van der Waals surface area contributed by atoms with Crippen molar-refractivity contribution in [2.45, 2.75) is 6.18 Å². The minimum atomic E-state index is -4.82. The number of aromatic amines is 1. The zero-order valence-corrected chi connectivity index (χ0v) is 10.4. The zero-order valence-electron chi connectivity index (χ0n) is 10.4. The van der Waals surface area contributed by atoms with E-state index < -0.39 is 34.5 Å². The lowest BCUT2D eigenvalue weighted by atomic mass is 10.0. The molecule has 0 fully saturated rings. The number of benzene rings is 1. The van der Waals surface area contributed by atoms with Crippen molar-refractivity contribution in [3.05, 3.63) is 51.9 Å². The number of H-pyrrole nitrogens is 1. The summed E-state index contributed by atoms with van der Waals surface area (Å²) in [5.74, 6) is -1.27. The first-order valence-electron chi connectivity index (χ1n) is 5.64. The number of carbonyl (C=O) groups excluding carboxylic acids is 1. The van der Waals surface area contributed by atoms with Gasteiger partial charge in [0.05, 0.1) is 0 Å². The summed E-state index contributed by atoms with van der Waals surface area (Å²) in [7, 11) is 0. The Bertz CT molecular complexity index is 749. The lowest BCUT2D eigenvalue weighted by Crippen LogP contribution is -2.27. The van der Waals surface area contributed by atoms with Crippen LogP contribution < -0.4 is 11.3 Å². The number of hydrogen-bond donors (Lipinski definition) is 3. The molecule has 8 heteroatoms. The third kappa shape index (κ3) is 2.88. The molecule has 110 valence electrons. The van der Waals surface area contributed by atoms with Crippen LogP contribution in [0.15, 0.2) is 35.1 Å². The quantitative estimate of drug-likeness (QED) is 0.789. The van der Waals surface area contributed by atoms with Gasteiger partial charge in [0.25, 0.3) is 11.5 Å². The van der Waals surface area contributed by atoms with Crippen LogP contribution in [0, 0.1) is 0 Å². The molecule has 0 aliphatic carbocycles.